The second kappa shape index (κ2) is 10.8. The van der Waals surface area contributed by atoms with Crippen molar-refractivity contribution in [3.63, 3.8) is 0 Å². The number of rotatable bonds is 5. The van der Waals surface area contributed by atoms with Crippen LogP contribution >= 0.6 is 0 Å². The van der Waals surface area contributed by atoms with Gasteiger partial charge < -0.3 is 13.9 Å². The van der Waals surface area contributed by atoms with Gasteiger partial charge in [-0.3, -0.25) is 0 Å². The molecular weight excluding hydrogens is 567 g/mol. The first-order chi connectivity index (χ1) is 22.3. The summed E-state index contributed by atoms with van der Waals surface area (Å²) in [5.74, 6) is 1.90. The molecule has 7 aromatic rings. The van der Waals surface area contributed by atoms with E-state index in [9.17, 15) is 0 Å². The molecule has 0 radical (unpaired) electrons. The first kappa shape index (κ1) is 28.4. The Hall–Kier alpha value is -5.11. The monoisotopic (exact) mass is 600 g/mol. The van der Waals surface area contributed by atoms with Crippen LogP contribution in [0.1, 0.15) is 27.7 Å². The maximum absolute atomic E-state index is 6.40. The number of hydrogen-bond donors (Lipinski definition) is 0. The molecule has 0 aliphatic carbocycles. The molecule has 0 saturated carbocycles. The number of fused-ring (bicyclic) bond motifs is 3. The van der Waals surface area contributed by atoms with Gasteiger partial charge in [0.25, 0.3) is 0 Å². The average Bonchev–Trinajstić information content (AvgIpc) is 3.53. The summed E-state index contributed by atoms with van der Waals surface area (Å²) >= 11 is 0. The summed E-state index contributed by atoms with van der Waals surface area (Å²) in [6, 6.07) is 43.6. The molecule has 0 unspecified atom stereocenters. The minimum atomic E-state index is -0.429. The largest absolute Gasteiger partial charge is 0.494 e. The second-order valence-corrected chi connectivity index (χ2v) is 12.8. The molecular formula is C39H33BN4O2. The molecule has 8 rings (SSSR count). The van der Waals surface area contributed by atoms with Gasteiger partial charge in [-0.25, -0.2) is 15.0 Å². The van der Waals surface area contributed by atoms with Crippen molar-refractivity contribution in [1.29, 1.82) is 0 Å². The minimum Gasteiger partial charge on any atom is -0.399 e. The van der Waals surface area contributed by atoms with E-state index in [0.29, 0.717) is 17.5 Å². The van der Waals surface area contributed by atoms with Gasteiger partial charge in [-0.05, 0) is 57.4 Å². The molecule has 0 amide bonds. The van der Waals surface area contributed by atoms with Crippen molar-refractivity contribution in [2.24, 2.45) is 0 Å². The molecule has 0 spiro atoms. The first-order valence-electron chi connectivity index (χ1n) is 15.6. The van der Waals surface area contributed by atoms with Crippen molar-refractivity contribution in [1.82, 2.24) is 19.5 Å². The predicted molar refractivity (Wildman–Crippen MR) is 186 cm³/mol. The van der Waals surface area contributed by atoms with E-state index in [-0.39, 0.29) is 0 Å². The smallest absolute Gasteiger partial charge is 0.399 e. The zero-order valence-electron chi connectivity index (χ0n) is 26.3. The van der Waals surface area contributed by atoms with Crippen LogP contribution < -0.4 is 5.46 Å². The Kier molecular flexibility index (Phi) is 6.64. The molecule has 0 atom stereocenters. The summed E-state index contributed by atoms with van der Waals surface area (Å²) in [7, 11) is -0.429. The summed E-state index contributed by atoms with van der Waals surface area (Å²) in [5.41, 5.74) is 6.24. The molecule has 1 saturated heterocycles. The van der Waals surface area contributed by atoms with Crippen molar-refractivity contribution in [2.75, 3.05) is 0 Å². The molecule has 1 aliphatic heterocycles. The van der Waals surface area contributed by atoms with Crippen LogP contribution in [0.3, 0.4) is 0 Å². The standard InChI is InChI=1S/C39H33BN4O2/c1-38(2)39(3,4)46-40(45-38)29-22-23-34-32(25-29)31-20-11-12-21-33(31)44(34)30-19-13-18-28(24-30)37-42-35(26-14-7-5-8-15-26)41-36(43-37)27-16-9-6-10-17-27/h5-25H,1-4H3. The lowest BCUT2D eigenvalue weighted by Gasteiger charge is -2.32. The van der Waals surface area contributed by atoms with Crippen LogP contribution in [0.2, 0.25) is 0 Å². The molecule has 1 aliphatic rings. The van der Waals surface area contributed by atoms with Gasteiger partial charge in [0.1, 0.15) is 0 Å². The third kappa shape index (κ3) is 4.80. The molecule has 0 bridgehead atoms. The van der Waals surface area contributed by atoms with Gasteiger partial charge in [0.2, 0.25) is 0 Å². The zero-order chi connectivity index (χ0) is 31.5. The lowest BCUT2D eigenvalue weighted by atomic mass is 9.78. The highest BCUT2D eigenvalue weighted by molar-refractivity contribution is 6.62. The highest BCUT2D eigenvalue weighted by Gasteiger charge is 2.51. The Morgan fingerprint density at radius 3 is 1.65 bits per heavy atom. The molecule has 2 aromatic heterocycles. The quantitative estimate of drug-likeness (QED) is 0.186. The summed E-state index contributed by atoms with van der Waals surface area (Å²) in [4.78, 5) is 14.8. The normalized spacial score (nSPS) is 15.5. The lowest BCUT2D eigenvalue weighted by molar-refractivity contribution is 0.00578. The predicted octanol–water partition coefficient (Wildman–Crippen LogP) is 8.27. The van der Waals surface area contributed by atoms with Gasteiger partial charge >= 0.3 is 7.12 Å². The summed E-state index contributed by atoms with van der Waals surface area (Å²) in [5, 5.41) is 2.31. The second-order valence-electron chi connectivity index (χ2n) is 12.8. The van der Waals surface area contributed by atoms with Gasteiger partial charge in [0.15, 0.2) is 17.5 Å². The van der Waals surface area contributed by atoms with Crippen molar-refractivity contribution < 1.29 is 9.31 Å². The molecule has 0 N–H and O–H groups in total. The zero-order valence-corrected chi connectivity index (χ0v) is 26.3. The van der Waals surface area contributed by atoms with Crippen LogP contribution in [0.25, 0.3) is 61.7 Å². The Labute approximate surface area is 268 Å². The van der Waals surface area contributed by atoms with Crippen molar-refractivity contribution in [2.45, 2.75) is 38.9 Å². The lowest BCUT2D eigenvalue weighted by Crippen LogP contribution is -2.41. The van der Waals surface area contributed by atoms with E-state index in [1.54, 1.807) is 0 Å². The van der Waals surface area contributed by atoms with Crippen molar-refractivity contribution in [3.8, 4) is 39.9 Å². The van der Waals surface area contributed by atoms with E-state index in [4.69, 9.17) is 24.3 Å². The van der Waals surface area contributed by atoms with E-state index in [2.05, 4.69) is 99.0 Å². The fourth-order valence-corrected chi connectivity index (χ4v) is 6.12. The molecule has 3 heterocycles. The molecule has 46 heavy (non-hydrogen) atoms. The third-order valence-electron chi connectivity index (χ3n) is 9.28. The fourth-order valence-electron chi connectivity index (χ4n) is 6.12. The van der Waals surface area contributed by atoms with Crippen LogP contribution in [-0.2, 0) is 9.31 Å². The number of aromatic nitrogens is 4. The minimum absolute atomic E-state index is 0.406. The fraction of sp³-hybridized carbons (Fsp3) is 0.154. The van der Waals surface area contributed by atoms with E-state index in [1.807, 2.05) is 60.7 Å². The highest BCUT2D eigenvalue weighted by atomic mass is 16.7. The summed E-state index contributed by atoms with van der Waals surface area (Å²) < 4.78 is 15.1. The molecule has 1 fully saturated rings. The Bertz CT molecular complexity index is 2150. The molecule has 224 valence electrons. The van der Waals surface area contributed by atoms with Gasteiger partial charge in [-0.2, -0.15) is 0 Å². The first-order valence-corrected chi connectivity index (χ1v) is 15.6. The molecule has 7 heteroatoms. The number of hydrogen-bond acceptors (Lipinski definition) is 5. The maximum atomic E-state index is 6.40. The van der Waals surface area contributed by atoms with Gasteiger partial charge in [-0.15, -0.1) is 0 Å². The van der Waals surface area contributed by atoms with E-state index in [1.165, 1.54) is 5.39 Å². The van der Waals surface area contributed by atoms with Crippen molar-refractivity contribution in [3.05, 3.63) is 127 Å². The Morgan fingerprint density at radius 2 is 1.02 bits per heavy atom. The van der Waals surface area contributed by atoms with Crippen LogP contribution in [0.15, 0.2) is 127 Å². The van der Waals surface area contributed by atoms with Crippen LogP contribution in [-0.4, -0.2) is 37.8 Å². The SMILES string of the molecule is CC1(C)OB(c2ccc3c(c2)c2ccccc2n3-c2cccc(-c3nc(-c4ccccc4)nc(-c4ccccc4)n3)c2)OC1(C)C. The number of nitrogens with zero attached hydrogens (tertiary/aromatic N) is 4. The molecule has 6 nitrogen and oxygen atoms in total. The van der Waals surface area contributed by atoms with Crippen LogP contribution in [0.4, 0.5) is 0 Å². The van der Waals surface area contributed by atoms with E-state index < -0.39 is 18.3 Å². The maximum Gasteiger partial charge on any atom is 0.494 e. The number of para-hydroxylation sites is 1. The summed E-state index contributed by atoms with van der Waals surface area (Å²) in [6.07, 6.45) is 0. The van der Waals surface area contributed by atoms with Crippen molar-refractivity contribution >= 4 is 34.4 Å². The van der Waals surface area contributed by atoms with Crippen LogP contribution in [0, 0.1) is 0 Å². The van der Waals surface area contributed by atoms with Gasteiger partial charge in [-0.1, -0.05) is 103 Å². The summed E-state index contributed by atoms with van der Waals surface area (Å²) in [6.45, 7) is 8.34. The number of benzene rings is 5. The highest BCUT2D eigenvalue weighted by Crippen LogP contribution is 2.38. The Balaban J connectivity index is 1.26. The molecule has 5 aromatic carbocycles. The average molecular weight is 601 g/mol. The van der Waals surface area contributed by atoms with Crippen LogP contribution in [0.5, 0.6) is 0 Å². The Morgan fingerprint density at radius 1 is 0.500 bits per heavy atom. The van der Waals surface area contributed by atoms with Gasteiger partial charge in [0, 0.05) is 33.2 Å². The van der Waals surface area contributed by atoms with E-state index in [0.717, 1.165) is 44.3 Å². The topological polar surface area (TPSA) is 62.1 Å². The third-order valence-corrected chi connectivity index (χ3v) is 9.28. The van der Waals surface area contributed by atoms with E-state index >= 15 is 0 Å². The van der Waals surface area contributed by atoms with Gasteiger partial charge in [0.05, 0.1) is 22.2 Å².